The van der Waals surface area contributed by atoms with Gasteiger partial charge < -0.3 is 29.7 Å². The maximum atomic E-state index is 12.7. The third-order valence-electron chi connectivity index (χ3n) is 6.94. The Bertz CT molecular complexity index is 1520. The van der Waals surface area contributed by atoms with E-state index in [0.717, 1.165) is 33.6 Å². The van der Waals surface area contributed by atoms with Gasteiger partial charge in [-0.05, 0) is 77.6 Å². The topological polar surface area (TPSA) is 157 Å². The molecule has 12 nitrogen and oxygen atoms in total. The first-order chi connectivity index (χ1) is 22.5. The van der Waals surface area contributed by atoms with Crippen LogP contribution in [0.1, 0.15) is 67.0 Å². The number of hydrogen-bond acceptors (Lipinski definition) is 8. The van der Waals surface area contributed by atoms with Gasteiger partial charge in [0.15, 0.2) is 0 Å². The fourth-order valence-corrected chi connectivity index (χ4v) is 4.92. The Hall–Kier alpha value is -4.68. The molecule has 0 aliphatic rings. The summed E-state index contributed by atoms with van der Waals surface area (Å²) >= 11 is 0. The molecule has 0 saturated carbocycles. The van der Waals surface area contributed by atoms with E-state index in [4.69, 9.17) is 9.47 Å². The fraction of sp³-hybridized carbons (Fsp3) is 0.444. The Labute approximate surface area is 282 Å². The predicted molar refractivity (Wildman–Crippen MR) is 184 cm³/mol. The Morgan fingerprint density at radius 3 is 1.25 bits per heavy atom. The second kappa shape index (κ2) is 15.0. The summed E-state index contributed by atoms with van der Waals surface area (Å²) in [6.07, 6.45) is 1.00. The van der Waals surface area contributed by atoms with Crippen molar-refractivity contribution in [1.29, 1.82) is 0 Å². The number of aromatic nitrogens is 4. The number of imidazole rings is 2. The van der Waals surface area contributed by atoms with Gasteiger partial charge in [-0.3, -0.25) is 9.80 Å². The summed E-state index contributed by atoms with van der Waals surface area (Å²) < 4.78 is 11.0. The molecule has 2 aromatic heterocycles. The molecule has 2 heterocycles. The number of H-pyrrole nitrogens is 2. The van der Waals surface area contributed by atoms with Crippen LogP contribution in [0.15, 0.2) is 60.9 Å². The SMILES string of the molecule is CC(O)CN(Cc1ncc(-c2ccc(-c3ccc(-c4cnc(CN(CC(C)O)C(=O)OC(C)(C)C)[nH]4)cc3)cc2)[nH]1)C(=O)OC(C)(C)C. The highest BCUT2D eigenvalue weighted by Crippen LogP contribution is 2.27. The first-order valence-corrected chi connectivity index (χ1v) is 16.1. The van der Waals surface area contributed by atoms with Crippen LogP contribution in [0, 0.1) is 0 Å². The molecule has 4 N–H and O–H groups in total. The molecule has 0 radical (unpaired) electrons. The number of ether oxygens (including phenoxy) is 2. The van der Waals surface area contributed by atoms with E-state index in [9.17, 15) is 19.8 Å². The van der Waals surface area contributed by atoms with Crippen LogP contribution in [0.25, 0.3) is 33.6 Å². The standard InChI is InChI=1S/C36H48N6O6/c1-23(43)19-41(33(45)47-35(3,4)5)21-31-37-17-29(39-31)27-13-9-25(10-14-27)26-11-15-28(16-12-26)30-18-38-32(40-30)22-42(20-24(2)44)34(46)48-36(6,7)8/h9-18,23-24,43-44H,19-22H2,1-8H3,(H,37,39)(H,38,40). The van der Waals surface area contributed by atoms with Crippen molar-refractivity contribution in [3.8, 4) is 33.6 Å². The minimum atomic E-state index is -0.714. The zero-order valence-electron chi connectivity index (χ0n) is 29.1. The Morgan fingerprint density at radius 1 is 0.646 bits per heavy atom. The molecule has 2 unspecified atom stereocenters. The van der Waals surface area contributed by atoms with Crippen LogP contribution in [0.2, 0.25) is 0 Å². The number of benzene rings is 2. The van der Waals surface area contributed by atoms with Gasteiger partial charge in [-0.1, -0.05) is 48.5 Å². The fourth-order valence-electron chi connectivity index (χ4n) is 4.92. The van der Waals surface area contributed by atoms with E-state index in [0.29, 0.717) is 11.6 Å². The van der Waals surface area contributed by atoms with Crippen molar-refractivity contribution in [2.45, 2.75) is 91.9 Å². The number of carbonyl (C=O) groups is 2. The molecule has 0 aliphatic carbocycles. The van der Waals surface area contributed by atoms with Gasteiger partial charge in [0.2, 0.25) is 0 Å². The quantitative estimate of drug-likeness (QED) is 0.145. The molecule has 2 amide bonds. The van der Waals surface area contributed by atoms with Crippen LogP contribution < -0.4 is 0 Å². The van der Waals surface area contributed by atoms with Gasteiger partial charge in [-0.2, -0.15) is 0 Å². The third kappa shape index (κ3) is 10.7. The van der Waals surface area contributed by atoms with E-state index in [1.54, 1.807) is 67.8 Å². The molecular formula is C36H48N6O6. The van der Waals surface area contributed by atoms with E-state index in [-0.39, 0.29) is 26.2 Å². The van der Waals surface area contributed by atoms with E-state index < -0.39 is 35.6 Å². The Balaban J connectivity index is 1.41. The number of amides is 2. The molecule has 48 heavy (non-hydrogen) atoms. The summed E-state index contributed by atoms with van der Waals surface area (Å²) in [5.74, 6) is 1.16. The molecule has 12 heteroatoms. The largest absolute Gasteiger partial charge is 0.444 e. The average Bonchev–Trinajstić information content (AvgIpc) is 3.64. The molecule has 4 rings (SSSR count). The molecule has 0 saturated heterocycles. The summed E-state index contributed by atoms with van der Waals surface area (Å²) in [5.41, 5.74) is 4.26. The number of nitrogens with one attached hydrogen (secondary N) is 2. The van der Waals surface area contributed by atoms with Gasteiger partial charge in [-0.25, -0.2) is 19.6 Å². The minimum Gasteiger partial charge on any atom is -0.444 e. The van der Waals surface area contributed by atoms with E-state index in [1.165, 1.54) is 9.80 Å². The van der Waals surface area contributed by atoms with E-state index >= 15 is 0 Å². The highest BCUT2D eigenvalue weighted by atomic mass is 16.6. The van der Waals surface area contributed by atoms with Crippen LogP contribution in [0.3, 0.4) is 0 Å². The highest BCUT2D eigenvalue weighted by Gasteiger charge is 2.25. The number of aliphatic hydroxyl groups excluding tert-OH is 2. The lowest BCUT2D eigenvalue weighted by Gasteiger charge is -2.27. The lowest BCUT2D eigenvalue weighted by molar-refractivity contribution is 0.0131. The summed E-state index contributed by atoms with van der Waals surface area (Å²) in [4.78, 5) is 43.8. The molecule has 258 valence electrons. The molecule has 0 aliphatic heterocycles. The smallest absolute Gasteiger partial charge is 0.410 e. The third-order valence-corrected chi connectivity index (χ3v) is 6.94. The highest BCUT2D eigenvalue weighted by molar-refractivity contribution is 5.72. The maximum Gasteiger partial charge on any atom is 0.410 e. The zero-order valence-corrected chi connectivity index (χ0v) is 29.1. The lowest BCUT2D eigenvalue weighted by Crippen LogP contribution is -2.40. The van der Waals surface area contributed by atoms with E-state index in [2.05, 4.69) is 19.9 Å². The molecule has 0 fully saturated rings. The number of carbonyl (C=O) groups excluding carboxylic acids is 2. The molecule has 2 aromatic carbocycles. The zero-order chi connectivity index (χ0) is 35.2. The van der Waals surface area contributed by atoms with Crippen molar-refractivity contribution < 1.29 is 29.3 Å². The van der Waals surface area contributed by atoms with Crippen molar-refractivity contribution in [2.24, 2.45) is 0 Å². The van der Waals surface area contributed by atoms with Gasteiger partial charge in [-0.15, -0.1) is 0 Å². The van der Waals surface area contributed by atoms with Crippen LogP contribution in [-0.4, -0.2) is 88.6 Å². The normalized spacial score (nSPS) is 13.1. The van der Waals surface area contributed by atoms with Gasteiger partial charge in [0.05, 0.1) is 62.2 Å². The molecular weight excluding hydrogens is 612 g/mol. The lowest BCUT2D eigenvalue weighted by atomic mass is 10.0. The number of aliphatic hydroxyl groups is 2. The second-order valence-corrected chi connectivity index (χ2v) is 14.1. The maximum absolute atomic E-state index is 12.7. The molecule has 2 atom stereocenters. The number of nitrogens with zero attached hydrogens (tertiary/aromatic N) is 4. The first-order valence-electron chi connectivity index (χ1n) is 16.1. The summed E-state index contributed by atoms with van der Waals surface area (Å²) in [7, 11) is 0. The van der Waals surface area contributed by atoms with Crippen LogP contribution in [0.4, 0.5) is 9.59 Å². The molecule has 4 aromatic rings. The van der Waals surface area contributed by atoms with Gasteiger partial charge in [0.1, 0.15) is 22.9 Å². The monoisotopic (exact) mass is 660 g/mol. The van der Waals surface area contributed by atoms with Gasteiger partial charge in [0.25, 0.3) is 0 Å². The van der Waals surface area contributed by atoms with Crippen LogP contribution >= 0.6 is 0 Å². The first kappa shape index (κ1) is 36.2. The van der Waals surface area contributed by atoms with Crippen molar-refractivity contribution in [3.05, 3.63) is 72.6 Å². The number of rotatable bonds is 11. The Morgan fingerprint density at radius 2 is 0.958 bits per heavy atom. The minimum absolute atomic E-state index is 0.122. The number of hydrogen-bond donors (Lipinski definition) is 4. The van der Waals surface area contributed by atoms with Crippen molar-refractivity contribution in [1.82, 2.24) is 29.7 Å². The summed E-state index contributed by atoms with van der Waals surface area (Å²) in [6.45, 7) is 14.6. The summed E-state index contributed by atoms with van der Waals surface area (Å²) in [5, 5.41) is 19.8. The second-order valence-electron chi connectivity index (χ2n) is 14.1. The van der Waals surface area contributed by atoms with Crippen molar-refractivity contribution in [3.63, 3.8) is 0 Å². The number of aromatic amines is 2. The Kier molecular flexibility index (Phi) is 11.3. The summed E-state index contributed by atoms with van der Waals surface area (Å²) in [6, 6.07) is 16.2. The van der Waals surface area contributed by atoms with E-state index in [1.807, 2.05) is 48.5 Å². The average molecular weight is 661 g/mol. The van der Waals surface area contributed by atoms with Crippen molar-refractivity contribution in [2.75, 3.05) is 13.1 Å². The van der Waals surface area contributed by atoms with Gasteiger partial charge in [0, 0.05) is 0 Å². The van der Waals surface area contributed by atoms with Crippen LogP contribution in [0.5, 0.6) is 0 Å². The van der Waals surface area contributed by atoms with Gasteiger partial charge >= 0.3 is 12.2 Å². The van der Waals surface area contributed by atoms with Crippen molar-refractivity contribution >= 4 is 12.2 Å². The predicted octanol–water partition coefficient (Wildman–Crippen LogP) is 6.37. The molecule has 0 spiro atoms. The van der Waals surface area contributed by atoms with Crippen LogP contribution in [-0.2, 0) is 22.6 Å². The molecule has 0 bridgehead atoms.